The van der Waals surface area contributed by atoms with Crippen molar-refractivity contribution in [3.8, 4) is 0 Å². The molecule has 0 saturated carbocycles. The fourth-order valence-corrected chi connectivity index (χ4v) is 4.16. The van der Waals surface area contributed by atoms with Crippen LogP contribution in [0.15, 0.2) is 18.3 Å². The molecule has 1 aliphatic carbocycles. The normalized spacial score (nSPS) is 17.6. The molecule has 1 aromatic heterocycles. The Kier molecular flexibility index (Phi) is 13.7. The lowest BCUT2D eigenvalue weighted by Gasteiger charge is -2.27. The molecule has 1 saturated heterocycles. The van der Waals surface area contributed by atoms with Crippen LogP contribution in [0.2, 0.25) is 0 Å². The molecule has 2 N–H and O–H groups in total. The van der Waals surface area contributed by atoms with Crippen molar-refractivity contribution in [1.82, 2.24) is 19.9 Å². The smallest absolute Gasteiger partial charge is 0.340 e. The van der Waals surface area contributed by atoms with E-state index in [4.69, 9.17) is 0 Å². The minimum Gasteiger partial charge on any atom is -0.340 e. The molecule has 2 atom stereocenters. The minimum absolute atomic E-state index is 0. The Hall–Kier alpha value is -2.33. The maximum atomic E-state index is 12.9. The highest BCUT2D eigenvalue weighted by Crippen LogP contribution is 2.21. The van der Waals surface area contributed by atoms with Crippen molar-refractivity contribution in [2.45, 2.75) is 86.4 Å². The summed E-state index contributed by atoms with van der Waals surface area (Å²) >= 11 is 0. The molecule has 8 nitrogen and oxygen atoms in total. The Morgan fingerprint density at radius 3 is 2.55 bits per heavy atom. The third-order valence-corrected chi connectivity index (χ3v) is 5.47. The number of carbonyl (C=O) groups excluding carboxylic acids is 2. The van der Waals surface area contributed by atoms with E-state index in [9.17, 15) is 21.9 Å². The fourth-order valence-electron chi connectivity index (χ4n) is 3.59. The van der Waals surface area contributed by atoms with Gasteiger partial charge in [0.25, 0.3) is 5.91 Å². The first-order chi connectivity index (χ1) is 15.3. The van der Waals surface area contributed by atoms with Gasteiger partial charge in [-0.05, 0) is 45.1 Å². The number of amides is 2. The number of pyridine rings is 1. The summed E-state index contributed by atoms with van der Waals surface area (Å²) in [7, 11) is -4.93. The predicted octanol–water partition coefficient (Wildman–Crippen LogP) is 4.48. The van der Waals surface area contributed by atoms with Gasteiger partial charge >= 0.3 is 10.4 Å². The standard InChI is InChI=1S/C18H23FN4O4S.2C2H6.CH4.2H2/c1-12(18(25)23-11-5-8-16(23)22-28(19,26)27)21-17(24)14-9-10-20-15-7-4-2-3-6-13(14)15;2*1-2;;;/h3,6,9-10,12,16,22H,2,4-5,7-8,11H2,1H3,(H,21,24);2*1-2H3;1H4;2*1H. The Balaban J connectivity index is -0.00000139. The van der Waals surface area contributed by atoms with Gasteiger partial charge in [0.05, 0.1) is 6.17 Å². The molecule has 1 aliphatic heterocycles. The molecule has 33 heavy (non-hydrogen) atoms. The molecule has 1 aromatic rings. The Morgan fingerprint density at radius 2 is 1.91 bits per heavy atom. The van der Waals surface area contributed by atoms with Crippen LogP contribution in [0.4, 0.5) is 3.89 Å². The number of aryl methyl sites for hydroxylation is 1. The molecular weight excluding hydrogens is 447 g/mol. The number of nitrogens with zero attached hydrogens (tertiary/aromatic N) is 2. The topological polar surface area (TPSA) is 108 Å². The van der Waals surface area contributed by atoms with Crippen LogP contribution in [0, 0.1) is 0 Å². The molecule has 2 aliphatic rings. The van der Waals surface area contributed by atoms with Crippen LogP contribution >= 0.6 is 0 Å². The number of fused-ring (bicyclic) bond motifs is 1. The van der Waals surface area contributed by atoms with Gasteiger partial charge in [0.1, 0.15) is 6.04 Å². The maximum absolute atomic E-state index is 12.9. The van der Waals surface area contributed by atoms with Gasteiger partial charge in [-0.3, -0.25) is 14.6 Å². The van der Waals surface area contributed by atoms with Gasteiger partial charge in [-0.15, -0.1) is 0 Å². The van der Waals surface area contributed by atoms with Gasteiger partial charge in [0.15, 0.2) is 0 Å². The van der Waals surface area contributed by atoms with Crippen molar-refractivity contribution in [3.63, 3.8) is 0 Å². The Morgan fingerprint density at radius 1 is 1.24 bits per heavy atom. The Labute approximate surface area is 201 Å². The van der Waals surface area contributed by atoms with Crippen molar-refractivity contribution in [2.75, 3.05) is 6.54 Å². The third kappa shape index (κ3) is 8.85. The van der Waals surface area contributed by atoms with Crippen LogP contribution in [0.3, 0.4) is 0 Å². The molecule has 2 heterocycles. The summed E-state index contributed by atoms with van der Waals surface area (Å²) in [5, 5.41) is 2.66. The van der Waals surface area contributed by atoms with E-state index in [2.05, 4.69) is 10.3 Å². The van der Waals surface area contributed by atoms with Crippen LogP contribution in [-0.2, 0) is 21.6 Å². The molecule has 2 unspecified atom stereocenters. The number of allylic oxidation sites excluding steroid dienone is 1. The molecular formula is C23H43FN4O4S. The Bertz CT molecular complexity index is 917. The molecule has 0 aromatic carbocycles. The first-order valence-electron chi connectivity index (χ1n) is 11.2. The van der Waals surface area contributed by atoms with Crippen LogP contribution in [-0.4, -0.2) is 48.9 Å². The van der Waals surface area contributed by atoms with Crippen molar-refractivity contribution < 1.29 is 24.7 Å². The average Bonchev–Trinajstić information content (AvgIpc) is 3.07. The van der Waals surface area contributed by atoms with E-state index in [0.29, 0.717) is 24.9 Å². The first-order valence-corrected chi connectivity index (χ1v) is 12.6. The lowest BCUT2D eigenvalue weighted by Crippen LogP contribution is -2.52. The highest BCUT2D eigenvalue weighted by Gasteiger charge is 2.34. The monoisotopic (exact) mass is 490 g/mol. The van der Waals surface area contributed by atoms with Crippen molar-refractivity contribution in [1.29, 1.82) is 0 Å². The first kappa shape index (κ1) is 30.7. The lowest BCUT2D eigenvalue weighted by atomic mass is 10.0. The molecule has 10 heteroatoms. The third-order valence-electron chi connectivity index (χ3n) is 4.92. The molecule has 1 fully saturated rings. The second-order valence-electron chi connectivity index (χ2n) is 6.95. The number of halogens is 1. The summed E-state index contributed by atoms with van der Waals surface area (Å²) in [4.78, 5) is 31.0. The zero-order valence-corrected chi connectivity index (χ0v) is 20.3. The van der Waals surface area contributed by atoms with Crippen LogP contribution in [0.25, 0.3) is 6.08 Å². The molecule has 0 radical (unpaired) electrons. The van der Waals surface area contributed by atoms with Crippen LogP contribution < -0.4 is 10.0 Å². The highest BCUT2D eigenvalue weighted by atomic mass is 32.3. The van der Waals surface area contributed by atoms with E-state index in [-0.39, 0.29) is 10.3 Å². The van der Waals surface area contributed by atoms with E-state index < -0.39 is 34.4 Å². The summed E-state index contributed by atoms with van der Waals surface area (Å²) in [5.74, 6) is -0.879. The van der Waals surface area contributed by atoms with Crippen LogP contribution in [0.5, 0.6) is 0 Å². The number of rotatable bonds is 5. The van der Waals surface area contributed by atoms with Crippen molar-refractivity contribution in [2.24, 2.45) is 0 Å². The predicted molar refractivity (Wildman–Crippen MR) is 135 cm³/mol. The molecule has 0 spiro atoms. The number of hydrogen-bond acceptors (Lipinski definition) is 5. The van der Waals surface area contributed by atoms with Crippen LogP contribution in [0.1, 0.15) is 92.2 Å². The second-order valence-corrected chi connectivity index (χ2v) is 8.07. The SMILES string of the molecule is C.CC.CC.CC(NC(=O)c1ccnc2c1C=CCCC2)C(=O)N1CCCC1NS(=O)(=O)F.[HH].[HH]. The van der Waals surface area contributed by atoms with Crippen molar-refractivity contribution in [3.05, 3.63) is 35.2 Å². The summed E-state index contributed by atoms with van der Waals surface area (Å²) in [6.07, 6.45) is 8.01. The highest BCUT2D eigenvalue weighted by molar-refractivity contribution is 7.84. The maximum Gasteiger partial charge on any atom is 0.373 e. The quantitative estimate of drug-likeness (QED) is 0.592. The molecule has 192 valence electrons. The second kappa shape index (κ2) is 14.7. The van der Waals surface area contributed by atoms with Gasteiger partial charge < -0.3 is 10.2 Å². The van der Waals surface area contributed by atoms with Gasteiger partial charge in [-0.25, -0.2) is 0 Å². The van der Waals surface area contributed by atoms with E-state index >= 15 is 0 Å². The largest absolute Gasteiger partial charge is 0.373 e. The number of hydrogen-bond donors (Lipinski definition) is 2. The molecule has 2 amide bonds. The van der Waals surface area contributed by atoms with Gasteiger partial charge in [0.2, 0.25) is 5.91 Å². The van der Waals surface area contributed by atoms with E-state index in [1.54, 1.807) is 12.3 Å². The number of nitrogens with one attached hydrogen (secondary N) is 2. The zero-order chi connectivity index (χ0) is 24.3. The summed E-state index contributed by atoms with van der Waals surface area (Å²) in [6, 6.07) is 0.715. The minimum atomic E-state index is -4.93. The lowest BCUT2D eigenvalue weighted by molar-refractivity contribution is -0.133. The molecule has 3 rings (SSSR count). The number of likely N-dealkylation sites (tertiary alicyclic amines) is 1. The average molecular weight is 491 g/mol. The summed E-state index contributed by atoms with van der Waals surface area (Å²) in [6.45, 7) is 9.81. The van der Waals surface area contributed by atoms with Gasteiger partial charge in [0, 0.05) is 32.4 Å². The summed E-state index contributed by atoms with van der Waals surface area (Å²) < 4.78 is 36.5. The van der Waals surface area contributed by atoms with Gasteiger partial charge in [-0.1, -0.05) is 51.2 Å². The fraction of sp³-hybridized carbons (Fsp3) is 0.609. The molecule has 0 bridgehead atoms. The van der Waals surface area contributed by atoms with E-state index in [1.807, 2.05) is 44.6 Å². The van der Waals surface area contributed by atoms with Gasteiger partial charge in [-0.2, -0.15) is 13.1 Å². The van der Waals surface area contributed by atoms with E-state index in [1.165, 1.54) is 11.8 Å². The van der Waals surface area contributed by atoms with E-state index in [0.717, 1.165) is 30.5 Å². The zero-order valence-electron chi connectivity index (χ0n) is 19.5. The number of aromatic nitrogens is 1. The summed E-state index contributed by atoms with van der Waals surface area (Å²) in [5.41, 5.74) is 2.03. The number of carbonyl (C=O) groups is 2. The van der Waals surface area contributed by atoms with Crippen molar-refractivity contribution >= 4 is 28.3 Å².